The molecule has 0 radical (unpaired) electrons. The summed E-state index contributed by atoms with van der Waals surface area (Å²) in [4.78, 5) is 28.1. The number of ether oxygens (including phenoxy) is 1. The molecule has 1 fully saturated rings. The van der Waals surface area contributed by atoms with Gasteiger partial charge in [-0.3, -0.25) is 9.59 Å². The smallest absolute Gasteiger partial charge is 0.260 e. The predicted octanol–water partition coefficient (Wildman–Crippen LogP) is 3.74. The highest BCUT2D eigenvalue weighted by Crippen LogP contribution is 2.38. The zero-order valence-corrected chi connectivity index (χ0v) is 17.4. The predicted molar refractivity (Wildman–Crippen MR) is 118 cm³/mol. The number of primary amides is 1. The molecule has 2 aromatic carbocycles. The molecule has 2 amide bonds. The minimum atomic E-state index is -0.768. The van der Waals surface area contributed by atoms with Gasteiger partial charge >= 0.3 is 0 Å². The van der Waals surface area contributed by atoms with Crippen molar-refractivity contribution in [2.45, 2.75) is 12.8 Å². The topological polar surface area (TPSA) is 72.6 Å². The number of carbonyl (C=O) groups excluding carboxylic acids is 2. The summed E-state index contributed by atoms with van der Waals surface area (Å²) in [5.41, 5.74) is 7.30. The molecule has 1 saturated heterocycles. The third-order valence-electron chi connectivity index (χ3n) is 5.67. The van der Waals surface area contributed by atoms with Crippen LogP contribution in [-0.4, -0.2) is 36.4 Å². The van der Waals surface area contributed by atoms with Gasteiger partial charge in [0.15, 0.2) is 6.61 Å². The maximum Gasteiger partial charge on any atom is 0.260 e. The molecule has 0 saturated carbocycles. The number of rotatable bonds is 7. The van der Waals surface area contributed by atoms with Crippen LogP contribution in [-0.2, 0) is 16.0 Å². The normalized spacial score (nSPS) is 18.3. The van der Waals surface area contributed by atoms with Gasteiger partial charge in [0.2, 0.25) is 5.91 Å². The molecule has 1 atom stereocenters. The first-order valence-corrected chi connectivity index (χ1v) is 10.8. The van der Waals surface area contributed by atoms with Gasteiger partial charge < -0.3 is 15.4 Å². The first kappa shape index (κ1) is 20.2. The Labute approximate surface area is 180 Å². The number of likely N-dealkylation sites (tertiary alicyclic amines) is 1. The van der Waals surface area contributed by atoms with Crippen molar-refractivity contribution in [3.05, 3.63) is 77.7 Å². The van der Waals surface area contributed by atoms with E-state index < -0.39 is 5.41 Å². The molecular formula is C24H24N2O3S. The highest BCUT2D eigenvalue weighted by atomic mass is 32.1. The number of amides is 2. The number of para-hydroxylation sites is 1. The number of thiophene rings is 1. The van der Waals surface area contributed by atoms with Crippen LogP contribution in [0.25, 0.3) is 10.4 Å². The molecule has 3 aromatic rings. The summed E-state index contributed by atoms with van der Waals surface area (Å²) in [5, 5.41) is 2.04. The molecule has 2 heterocycles. The SMILES string of the molecule is NC(=O)[C@@]1(Cc2ccccc2-c2cccs2)CCN(C(=O)COc2ccccc2)C1. The molecule has 1 aliphatic rings. The minimum Gasteiger partial charge on any atom is -0.484 e. The van der Waals surface area contributed by atoms with Gasteiger partial charge in [-0.15, -0.1) is 11.3 Å². The lowest BCUT2D eigenvalue weighted by molar-refractivity contribution is -0.133. The second kappa shape index (κ2) is 8.71. The number of benzene rings is 2. The molecule has 0 bridgehead atoms. The largest absolute Gasteiger partial charge is 0.484 e. The first-order chi connectivity index (χ1) is 14.6. The zero-order chi connectivity index (χ0) is 21.0. The fourth-order valence-electron chi connectivity index (χ4n) is 3.98. The summed E-state index contributed by atoms with van der Waals surface area (Å²) < 4.78 is 5.59. The number of nitrogens with two attached hydrogens (primary N) is 1. The lowest BCUT2D eigenvalue weighted by atomic mass is 9.79. The van der Waals surface area contributed by atoms with Crippen LogP contribution in [0.5, 0.6) is 5.75 Å². The summed E-state index contributed by atoms with van der Waals surface area (Å²) >= 11 is 1.67. The van der Waals surface area contributed by atoms with Gasteiger partial charge in [-0.2, -0.15) is 0 Å². The summed E-state index contributed by atoms with van der Waals surface area (Å²) in [6, 6.07) is 21.4. The van der Waals surface area contributed by atoms with Crippen LogP contribution >= 0.6 is 11.3 Å². The number of hydrogen-bond donors (Lipinski definition) is 1. The fraction of sp³-hybridized carbons (Fsp3) is 0.250. The maximum atomic E-state index is 12.7. The highest BCUT2D eigenvalue weighted by Gasteiger charge is 2.45. The van der Waals surface area contributed by atoms with Crippen LogP contribution < -0.4 is 10.5 Å². The Bertz CT molecular complexity index is 1020. The minimum absolute atomic E-state index is 0.0510. The van der Waals surface area contributed by atoms with Crippen molar-refractivity contribution in [1.29, 1.82) is 0 Å². The lowest BCUT2D eigenvalue weighted by Crippen LogP contribution is -2.43. The van der Waals surface area contributed by atoms with E-state index in [0.29, 0.717) is 31.7 Å². The first-order valence-electron chi connectivity index (χ1n) is 9.95. The van der Waals surface area contributed by atoms with Crippen LogP contribution in [0, 0.1) is 5.41 Å². The molecule has 1 aromatic heterocycles. The molecule has 1 aliphatic heterocycles. The summed E-state index contributed by atoms with van der Waals surface area (Å²) in [6.45, 7) is 0.768. The Hall–Kier alpha value is -3.12. The second-order valence-electron chi connectivity index (χ2n) is 7.62. The van der Waals surface area contributed by atoms with Gasteiger partial charge in [-0.1, -0.05) is 48.5 Å². The van der Waals surface area contributed by atoms with Crippen molar-refractivity contribution in [2.24, 2.45) is 11.1 Å². The molecule has 30 heavy (non-hydrogen) atoms. The van der Waals surface area contributed by atoms with Gasteiger partial charge in [-0.25, -0.2) is 0 Å². The van der Waals surface area contributed by atoms with E-state index in [4.69, 9.17) is 10.5 Å². The van der Waals surface area contributed by atoms with E-state index in [9.17, 15) is 9.59 Å². The zero-order valence-electron chi connectivity index (χ0n) is 16.6. The molecule has 0 unspecified atom stereocenters. The summed E-state index contributed by atoms with van der Waals surface area (Å²) in [5.74, 6) is 0.160. The third-order valence-corrected chi connectivity index (χ3v) is 6.57. The van der Waals surface area contributed by atoms with Gasteiger partial charge in [0.25, 0.3) is 5.91 Å². The average molecular weight is 421 g/mol. The van der Waals surface area contributed by atoms with Crippen molar-refractivity contribution < 1.29 is 14.3 Å². The van der Waals surface area contributed by atoms with E-state index in [1.807, 2.05) is 60.0 Å². The van der Waals surface area contributed by atoms with Gasteiger partial charge in [0.1, 0.15) is 5.75 Å². The highest BCUT2D eigenvalue weighted by molar-refractivity contribution is 7.13. The lowest BCUT2D eigenvalue weighted by Gasteiger charge is -2.27. The Kier molecular flexibility index (Phi) is 5.86. The molecule has 6 heteroatoms. The molecule has 154 valence electrons. The molecular weight excluding hydrogens is 396 g/mol. The van der Waals surface area contributed by atoms with Crippen LogP contribution in [0.2, 0.25) is 0 Å². The van der Waals surface area contributed by atoms with Gasteiger partial charge in [-0.05, 0) is 47.5 Å². The number of carbonyl (C=O) groups is 2. The average Bonchev–Trinajstić information content (AvgIpc) is 3.44. The molecule has 2 N–H and O–H groups in total. The van der Waals surface area contributed by atoms with E-state index in [2.05, 4.69) is 12.1 Å². The van der Waals surface area contributed by atoms with E-state index in [1.54, 1.807) is 16.2 Å². The summed E-state index contributed by atoms with van der Waals surface area (Å²) in [7, 11) is 0. The van der Waals surface area contributed by atoms with Crippen molar-refractivity contribution in [2.75, 3.05) is 19.7 Å². The quantitative estimate of drug-likeness (QED) is 0.633. The van der Waals surface area contributed by atoms with E-state index in [-0.39, 0.29) is 18.4 Å². The molecule has 0 spiro atoms. The molecule has 4 rings (SSSR count). The molecule has 5 nitrogen and oxygen atoms in total. The van der Waals surface area contributed by atoms with Crippen molar-refractivity contribution in [3.63, 3.8) is 0 Å². The second-order valence-corrected chi connectivity index (χ2v) is 8.57. The number of nitrogens with zero attached hydrogens (tertiary/aromatic N) is 1. The Morgan fingerprint density at radius 3 is 2.53 bits per heavy atom. The van der Waals surface area contributed by atoms with Crippen molar-refractivity contribution in [3.8, 4) is 16.2 Å². The Morgan fingerprint density at radius 2 is 1.80 bits per heavy atom. The monoisotopic (exact) mass is 420 g/mol. The summed E-state index contributed by atoms with van der Waals surface area (Å²) in [6.07, 6.45) is 1.07. The standard InChI is InChI=1S/C24H24N2O3S/c25-23(28)24(15-18-7-4-5-10-20(18)21-11-6-14-30-21)12-13-26(17-24)22(27)16-29-19-8-2-1-3-9-19/h1-11,14H,12-13,15-17H2,(H2,25,28)/t24-/m1/s1. The Morgan fingerprint density at radius 1 is 1.03 bits per heavy atom. The van der Waals surface area contributed by atoms with Crippen molar-refractivity contribution >= 4 is 23.2 Å². The van der Waals surface area contributed by atoms with Crippen LogP contribution in [0.1, 0.15) is 12.0 Å². The third kappa shape index (κ3) is 4.24. The Balaban J connectivity index is 1.48. The van der Waals surface area contributed by atoms with Crippen LogP contribution in [0.15, 0.2) is 72.1 Å². The maximum absolute atomic E-state index is 12.7. The van der Waals surface area contributed by atoms with Gasteiger partial charge in [0.05, 0.1) is 5.41 Å². The number of hydrogen-bond acceptors (Lipinski definition) is 4. The fourth-order valence-corrected chi connectivity index (χ4v) is 4.77. The molecule has 0 aliphatic carbocycles. The van der Waals surface area contributed by atoms with E-state index in [1.165, 1.54) is 0 Å². The van der Waals surface area contributed by atoms with Crippen molar-refractivity contribution in [1.82, 2.24) is 4.90 Å². The van der Waals surface area contributed by atoms with Crippen LogP contribution in [0.4, 0.5) is 0 Å². The van der Waals surface area contributed by atoms with Crippen LogP contribution in [0.3, 0.4) is 0 Å². The van der Waals surface area contributed by atoms with Gasteiger partial charge in [0, 0.05) is 18.0 Å². The van der Waals surface area contributed by atoms with E-state index in [0.717, 1.165) is 16.0 Å². The van der Waals surface area contributed by atoms with E-state index >= 15 is 0 Å².